The molecule has 0 aliphatic rings. The molecule has 7 nitrogen and oxygen atoms in total. The lowest BCUT2D eigenvalue weighted by atomic mass is 10.2. The molecule has 194 valence electrons. The van der Waals surface area contributed by atoms with Gasteiger partial charge in [-0.05, 0) is 67.1 Å². The molecule has 0 atom stereocenters. The lowest BCUT2D eigenvalue weighted by molar-refractivity contribution is -0.697. The molecule has 0 radical (unpaired) electrons. The van der Waals surface area contributed by atoms with Crippen molar-refractivity contribution < 1.29 is 22.6 Å². The molecule has 0 saturated heterocycles. The van der Waals surface area contributed by atoms with E-state index in [0.717, 1.165) is 31.1 Å². The van der Waals surface area contributed by atoms with Crippen molar-refractivity contribution in [1.82, 2.24) is 0 Å². The van der Waals surface area contributed by atoms with Crippen LogP contribution < -0.4 is 15.6 Å². The Morgan fingerprint density at radius 3 is 2.11 bits per heavy atom. The highest BCUT2D eigenvalue weighted by molar-refractivity contribution is 8.13. The summed E-state index contributed by atoms with van der Waals surface area (Å²) in [6, 6.07) is 24.8. The van der Waals surface area contributed by atoms with Gasteiger partial charge in [0.05, 0.1) is 15.4 Å². The number of amides is 1. The van der Waals surface area contributed by atoms with Gasteiger partial charge < -0.3 is 11.1 Å². The number of benzene rings is 3. The van der Waals surface area contributed by atoms with Crippen LogP contribution in [0.3, 0.4) is 0 Å². The van der Waals surface area contributed by atoms with E-state index in [1.807, 2.05) is 30.6 Å². The molecule has 9 heteroatoms. The minimum absolute atomic E-state index is 0.000499. The van der Waals surface area contributed by atoms with Crippen LogP contribution in [-0.4, -0.2) is 19.4 Å². The first-order valence-electron chi connectivity index (χ1n) is 12.1. The zero-order valence-corrected chi connectivity index (χ0v) is 22.3. The van der Waals surface area contributed by atoms with Crippen molar-refractivity contribution in [2.45, 2.75) is 40.5 Å². The predicted molar refractivity (Wildman–Crippen MR) is 148 cm³/mol. The summed E-state index contributed by atoms with van der Waals surface area (Å²) in [6.07, 6.45) is 6.05. The summed E-state index contributed by atoms with van der Waals surface area (Å²) < 4.78 is 27.8. The van der Waals surface area contributed by atoms with Crippen LogP contribution in [0.2, 0.25) is 0 Å². The third kappa shape index (κ3) is 7.08. The molecular formula is C29H28N3O4S2+. The van der Waals surface area contributed by atoms with E-state index in [4.69, 9.17) is 5.73 Å². The zero-order valence-electron chi connectivity index (χ0n) is 20.6. The maximum absolute atomic E-state index is 13.0. The summed E-state index contributed by atoms with van der Waals surface area (Å²) in [5.41, 5.74) is 6.95. The van der Waals surface area contributed by atoms with Gasteiger partial charge in [-0.15, -0.1) is 0 Å². The minimum atomic E-state index is -3.71. The Morgan fingerprint density at radius 1 is 0.789 bits per heavy atom. The third-order valence-electron chi connectivity index (χ3n) is 5.79. The topological polar surface area (TPSA) is 110 Å². The molecular weight excluding hydrogens is 518 g/mol. The largest absolute Gasteiger partial charge is 0.399 e. The quantitative estimate of drug-likeness (QED) is 0.124. The van der Waals surface area contributed by atoms with Crippen molar-refractivity contribution in [3.8, 4) is 0 Å². The van der Waals surface area contributed by atoms with Crippen LogP contribution in [-0.2, 0) is 21.2 Å². The van der Waals surface area contributed by atoms with Crippen LogP contribution in [0.25, 0.3) is 0 Å². The Bertz CT molecular complexity index is 1510. The Kier molecular flexibility index (Phi) is 8.93. The van der Waals surface area contributed by atoms with Crippen LogP contribution in [0.4, 0.5) is 11.4 Å². The fourth-order valence-electron chi connectivity index (χ4n) is 3.76. The SMILES string of the molecule is Nc1ccc(S(=O)(=O)c2ccc(NC(=O)c3ccccc3SC(=O)CCCC[n+]3ccccc3)cc2)cc1. The van der Waals surface area contributed by atoms with Crippen LogP contribution in [0.15, 0.2) is 118 Å². The number of carbonyl (C=O) groups is 2. The van der Waals surface area contributed by atoms with Gasteiger partial charge in [0.15, 0.2) is 17.5 Å². The maximum Gasteiger partial charge on any atom is 0.256 e. The van der Waals surface area contributed by atoms with Crippen molar-refractivity contribution >= 4 is 44.0 Å². The number of hydrogen-bond donors (Lipinski definition) is 2. The van der Waals surface area contributed by atoms with Crippen molar-refractivity contribution in [1.29, 1.82) is 0 Å². The standard InChI is InChI=1S/C29H27N3O4S2/c30-22-11-15-24(16-12-22)38(35,36)25-17-13-23(14-18-25)31-29(34)26-8-2-3-9-27(26)37-28(33)10-4-7-21-32-19-5-1-6-20-32/h1-3,5-6,8-9,11-20H,4,7,10,21,30H2/p+1. The number of hydrogen-bond acceptors (Lipinski definition) is 6. The van der Waals surface area contributed by atoms with Gasteiger partial charge in [-0.3, -0.25) is 9.59 Å². The molecule has 1 heterocycles. The molecule has 1 amide bonds. The predicted octanol–water partition coefficient (Wildman–Crippen LogP) is 5.13. The van der Waals surface area contributed by atoms with Crippen molar-refractivity contribution in [3.05, 3.63) is 109 Å². The fraction of sp³-hybridized carbons (Fsp3) is 0.138. The van der Waals surface area contributed by atoms with Gasteiger partial charge in [0.25, 0.3) is 5.91 Å². The van der Waals surface area contributed by atoms with Gasteiger partial charge in [0.2, 0.25) is 9.84 Å². The molecule has 1 aromatic heterocycles. The van der Waals surface area contributed by atoms with Gasteiger partial charge in [0, 0.05) is 41.2 Å². The number of rotatable bonds is 10. The van der Waals surface area contributed by atoms with Gasteiger partial charge in [-0.2, -0.15) is 0 Å². The average Bonchev–Trinajstić information content (AvgIpc) is 2.92. The lowest BCUT2D eigenvalue weighted by Gasteiger charge is -2.10. The first-order chi connectivity index (χ1) is 18.3. The van der Waals surface area contributed by atoms with E-state index in [-0.39, 0.29) is 20.8 Å². The van der Waals surface area contributed by atoms with E-state index >= 15 is 0 Å². The van der Waals surface area contributed by atoms with Crippen molar-refractivity contribution in [3.63, 3.8) is 0 Å². The Hall–Kier alpha value is -3.95. The van der Waals surface area contributed by atoms with E-state index in [9.17, 15) is 18.0 Å². The number of aromatic nitrogens is 1. The Morgan fingerprint density at radius 2 is 1.42 bits per heavy atom. The first kappa shape index (κ1) is 27.1. The van der Waals surface area contributed by atoms with Gasteiger partial charge in [0.1, 0.15) is 6.54 Å². The average molecular weight is 547 g/mol. The number of carbonyl (C=O) groups excluding carboxylic acids is 2. The van der Waals surface area contributed by atoms with E-state index in [2.05, 4.69) is 9.88 Å². The molecule has 0 saturated carbocycles. The molecule has 0 unspecified atom stereocenters. The normalized spacial score (nSPS) is 11.2. The molecule has 0 fully saturated rings. The number of nitrogen functional groups attached to an aromatic ring is 1. The number of sulfone groups is 1. The Labute approximate surface area is 226 Å². The van der Waals surface area contributed by atoms with Crippen molar-refractivity contribution in [2.24, 2.45) is 0 Å². The van der Waals surface area contributed by atoms with Crippen molar-refractivity contribution in [2.75, 3.05) is 11.1 Å². The highest BCUT2D eigenvalue weighted by Crippen LogP contribution is 2.27. The lowest BCUT2D eigenvalue weighted by Crippen LogP contribution is -2.32. The molecule has 0 aliphatic carbocycles. The first-order valence-corrected chi connectivity index (χ1v) is 14.4. The number of nitrogens with one attached hydrogen (secondary N) is 1. The summed E-state index contributed by atoms with van der Waals surface area (Å²) >= 11 is 1.07. The smallest absolute Gasteiger partial charge is 0.256 e. The monoisotopic (exact) mass is 546 g/mol. The molecule has 3 aromatic carbocycles. The summed E-state index contributed by atoms with van der Waals surface area (Å²) in [6.45, 7) is 0.845. The van der Waals surface area contributed by atoms with E-state index in [1.54, 1.807) is 24.3 Å². The van der Waals surface area contributed by atoms with Gasteiger partial charge in [-0.1, -0.05) is 30.0 Å². The van der Waals surface area contributed by atoms with Crippen LogP contribution >= 0.6 is 11.8 Å². The fourth-order valence-corrected chi connectivity index (χ4v) is 5.93. The number of unbranched alkanes of at least 4 members (excludes halogenated alkanes) is 1. The number of aryl methyl sites for hydroxylation is 1. The number of nitrogens with zero attached hydrogens (tertiary/aromatic N) is 1. The highest BCUT2D eigenvalue weighted by Gasteiger charge is 2.18. The summed E-state index contributed by atoms with van der Waals surface area (Å²) in [5.74, 6) is -0.379. The second-order valence-corrected chi connectivity index (χ2v) is 11.6. The maximum atomic E-state index is 13.0. The van der Waals surface area contributed by atoms with Crippen LogP contribution in [0.5, 0.6) is 0 Å². The molecule has 4 rings (SSSR count). The molecule has 0 spiro atoms. The zero-order chi connectivity index (χ0) is 27.0. The van der Waals surface area contributed by atoms with E-state index < -0.39 is 9.84 Å². The molecule has 4 aromatic rings. The summed E-state index contributed by atoms with van der Waals surface area (Å²) in [5, 5.41) is 2.79. The number of pyridine rings is 1. The summed E-state index contributed by atoms with van der Waals surface area (Å²) in [7, 11) is -3.71. The number of nitrogens with two attached hydrogens (primary N) is 1. The molecule has 0 aliphatic heterocycles. The van der Waals surface area contributed by atoms with E-state index in [1.165, 1.54) is 48.5 Å². The molecule has 0 bridgehead atoms. The number of thioether (sulfide) groups is 1. The Balaban J connectivity index is 1.35. The van der Waals surface area contributed by atoms with Crippen LogP contribution in [0.1, 0.15) is 29.6 Å². The molecule has 38 heavy (non-hydrogen) atoms. The van der Waals surface area contributed by atoms with Crippen LogP contribution in [0, 0.1) is 0 Å². The third-order valence-corrected chi connectivity index (χ3v) is 8.59. The number of anilines is 2. The minimum Gasteiger partial charge on any atom is -0.399 e. The second kappa shape index (κ2) is 12.5. The van der Waals surface area contributed by atoms with Gasteiger partial charge in [-0.25, -0.2) is 13.0 Å². The molecule has 3 N–H and O–H groups in total. The van der Waals surface area contributed by atoms with E-state index in [0.29, 0.717) is 28.3 Å². The summed E-state index contributed by atoms with van der Waals surface area (Å²) in [4.78, 5) is 26.4. The second-order valence-electron chi connectivity index (χ2n) is 8.59. The highest BCUT2D eigenvalue weighted by atomic mass is 32.2. The van der Waals surface area contributed by atoms with Gasteiger partial charge >= 0.3 is 0 Å².